The topological polar surface area (TPSA) is 49.8 Å². The maximum atomic E-state index is 12.9. The summed E-state index contributed by atoms with van der Waals surface area (Å²) in [5, 5.41) is 6.86. The number of anilines is 2. The summed E-state index contributed by atoms with van der Waals surface area (Å²) in [5.41, 5.74) is 1.11. The van der Waals surface area contributed by atoms with Crippen LogP contribution in [0.4, 0.5) is 16.0 Å². The van der Waals surface area contributed by atoms with Crippen LogP contribution in [-0.4, -0.2) is 22.6 Å². The van der Waals surface area contributed by atoms with Gasteiger partial charge in [-0.3, -0.25) is 0 Å². The standard InChI is InChI=1S/C19H25FN4/c20-16-9-7-15(8-10-16)11-12-21-18-13-19(23-14-22-18)24-17-5-3-1-2-4-6-17/h7-10,13-14,17H,1-6,11-12H2,(H2,21,22,23,24). The monoisotopic (exact) mass is 328 g/mol. The molecule has 128 valence electrons. The van der Waals surface area contributed by atoms with E-state index in [1.165, 1.54) is 50.7 Å². The molecule has 4 nitrogen and oxygen atoms in total. The van der Waals surface area contributed by atoms with Crippen LogP contribution in [0, 0.1) is 5.82 Å². The van der Waals surface area contributed by atoms with Crippen LogP contribution in [0.2, 0.25) is 0 Å². The number of nitrogens with zero attached hydrogens (tertiary/aromatic N) is 2. The van der Waals surface area contributed by atoms with Crippen molar-refractivity contribution in [2.45, 2.75) is 51.0 Å². The van der Waals surface area contributed by atoms with E-state index in [4.69, 9.17) is 0 Å². The van der Waals surface area contributed by atoms with Gasteiger partial charge in [-0.25, -0.2) is 14.4 Å². The molecule has 1 heterocycles. The summed E-state index contributed by atoms with van der Waals surface area (Å²) in [6, 6.07) is 9.11. The van der Waals surface area contributed by atoms with Crippen LogP contribution >= 0.6 is 0 Å². The Morgan fingerprint density at radius 1 is 0.958 bits per heavy atom. The molecule has 0 radical (unpaired) electrons. The van der Waals surface area contributed by atoms with Crippen molar-refractivity contribution in [1.82, 2.24) is 9.97 Å². The second-order valence-corrected chi connectivity index (χ2v) is 6.42. The van der Waals surface area contributed by atoms with Crippen LogP contribution in [0.1, 0.15) is 44.1 Å². The summed E-state index contributed by atoms with van der Waals surface area (Å²) in [7, 11) is 0. The molecule has 0 spiro atoms. The fourth-order valence-corrected chi connectivity index (χ4v) is 3.15. The lowest BCUT2D eigenvalue weighted by Crippen LogP contribution is -2.19. The Morgan fingerprint density at radius 3 is 2.42 bits per heavy atom. The molecule has 5 heteroatoms. The molecule has 2 N–H and O–H groups in total. The molecule has 2 aromatic rings. The van der Waals surface area contributed by atoms with Crippen LogP contribution in [0.25, 0.3) is 0 Å². The number of benzene rings is 1. The van der Waals surface area contributed by atoms with Crippen LogP contribution in [0.5, 0.6) is 0 Å². The maximum absolute atomic E-state index is 12.9. The molecule has 0 atom stereocenters. The molecule has 1 aromatic heterocycles. The minimum atomic E-state index is -0.197. The van der Waals surface area contributed by atoms with Crippen LogP contribution < -0.4 is 10.6 Å². The number of hydrogen-bond donors (Lipinski definition) is 2. The van der Waals surface area contributed by atoms with Gasteiger partial charge in [-0.05, 0) is 37.0 Å². The molecule has 1 aromatic carbocycles. The third-order valence-electron chi connectivity index (χ3n) is 4.51. The molecular formula is C19H25FN4. The van der Waals surface area contributed by atoms with Gasteiger partial charge in [-0.1, -0.05) is 37.8 Å². The molecule has 24 heavy (non-hydrogen) atoms. The molecular weight excluding hydrogens is 303 g/mol. The van der Waals surface area contributed by atoms with E-state index in [2.05, 4.69) is 20.6 Å². The highest BCUT2D eigenvalue weighted by Gasteiger charge is 2.12. The Morgan fingerprint density at radius 2 is 1.67 bits per heavy atom. The minimum Gasteiger partial charge on any atom is -0.370 e. The summed E-state index contributed by atoms with van der Waals surface area (Å²) in [6.07, 6.45) is 10.1. The van der Waals surface area contributed by atoms with E-state index in [1.54, 1.807) is 6.33 Å². The molecule has 0 saturated heterocycles. The maximum Gasteiger partial charge on any atom is 0.131 e. The number of halogens is 1. The number of aromatic nitrogens is 2. The fraction of sp³-hybridized carbons (Fsp3) is 0.474. The lowest BCUT2D eigenvalue weighted by Gasteiger charge is -2.17. The van der Waals surface area contributed by atoms with E-state index in [1.807, 2.05) is 18.2 Å². The van der Waals surface area contributed by atoms with E-state index in [9.17, 15) is 4.39 Å². The van der Waals surface area contributed by atoms with Crippen molar-refractivity contribution in [2.24, 2.45) is 0 Å². The van der Waals surface area contributed by atoms with Gasteiger partial charge in [0, 0.05) is 18.7 Å². The summed E-state index contributed by atoms with van der Waals surface area (Å²) >= 11 is 0. The highest BCUT2D eigenvalue weighted by molar-refractivity contribution is 5.47. The zero-order chi connectivity index (χ0) is 16.6. The largest absolute Gasteiger partial charge is 0.370 e. The van der Waals surface area contributed by atoms with Crippen molar-refractivity contribution in [2.75, 3.05) is 17.2 Å². The molecule has 1 aliphatic carbocycles. The van der Waals surface area contributed by atoms with Crippen molar-refractivity contribution >= 4 is 11.6 Å². The summed E-state index contributed by atoms with van der Waals surface area (Å²) < 4.78 is 12.9. The quantitative estimate of drug-likeness (QED) is 0.772. The Hall–Kier alpha value is -2.17. The highest BCUT2D eigenvalue weighted by Crippen LogP contribution is 2.21. The van der Waals surface area contributed by atoms with E-state index in [0.717, 1.165) is 30.2 Å². The van der Waals surface area contributed by atoms with E-state index in [0.29, 0.717) is 6.04 Å². The predicted octanol–water partition coefficient (Wildman–Crippen LogP) is 4.41. The van der Waals surface area contributed by atoms with Crippen LogP contribution in [0.15, 0.2) is 36.7 Å². The zero-order valence-corrected chi connectivity index (χ0v) is 14.0. The number of nitrogens with one attached hydrogen (secondary N) is 2. The van der Waals surface area contributed by atoms with Gasteiger partial charge < -0.3 is 10.6 Å². The molecule has 3 rings (SSSR count). The van der Waals surface area contributed by atoms with Gasteiger partial charge >= 0.3 is 0 Å². The first-order valence-corrected chi connectivity index (χ1v) is 8.86. The average Bonchev–Trinajstić information content (AvgIpc) is 2.86. The molecule has 0 bridgehead atoms. The van der Waals surface area contributed by atoms with Crippen LogP contribution in [-0.2, 0) is 6.42 Å². The summed E-state index contributed by atoms with van der Waals surface area (Å²) in [6.45, 7) is 0.755. The predicted molar refractivity (Wildman–Crippen MR) is 95.7 cm³/mol. The fourth-order valence-electron chi connectivity index (χ4n) is 3.15. The van der Waals surface area contributed by atoms with Crippen molar-refractivity contribution in [1.29, 1.82) is 0 Å². The smallest absolute Gasteiger partial charge is 0.131 e. The molecule has 0 unspecified atom stereocenters. The second kappa shape index (κ2) is 8.62. The second-order valence-electron chi connectivity index (χ2n) is 6.42. The molecule has 1 fully saturated rings. The van der Waals surface area contributed by atoms with Gasteiger partial charge in [0.1, 0.15) is 23.8 Å². The third-order valence-corrected chi connectivity index (χ3v) is 4.51. The van der Waals surface area contributed by atoms with Gasteiger partial charge in [-0.15, -0.1) is 0 Å². The third kappa shape index (κ3) is 5.18. The van der Waals surface area contributed by atoms with Crippen molar-refractivity contribution in [3.05, 3.63) is 48.0 Å². The van der Waals surface area contributed by atoms with Crippen molar-refractivity contribution < 1.29 is 4.39 Å². The van der Waals surface area contributed by atoms with Crippen LogP contribution in [0.3, 0.4) is 0 Å². The number of hydrogen-bond acceptors (Lipinski definition) is 4. The van der Waals surface area contributed by atoms with E-state index < -0.39 is 0 Å². The van der Waals surface area contributed by atoms with E-state index in [-0.39, 0.29) is 5.82 Å². The average molecular weight is 328 g/mol. The first-order valence-electron chi connectivity index (χ1n) is 8.86. The number of rotatable bonds is 6. The van der Waals surface area contributed by atoms with Crippen molar-refractivity contribution in [3.63, 3.8) is 0 Å². The Labute approximate surface area is 142 Å². The highest BCUT2D eigenvalue weighted by atomic mass is 19.1. The molecule has 0 aliphatic heterocycles. The van der Waals surface area contributed by atoms with Gasteiger partial charge in [0.15, 0.2) is 0 Å². The first-order chi connectivity index (χ1) is 11.8. The van der Waals surface area contributed by atoms with Gasteiger partial charge in [-0.2, -0.15) is 0 Å². The SMILES string of the molecule is Fc1ccc(CCNc2cc(NC3CCCCCC3)ncn2)cc1. The van der Waals surface area contributed by atoms with Gasteiger partial charge in [0.05, 0.1) is 0 Å². The van der Waals surface area contributed by atoms with Gasteiger partial charge in [0.2, 0.25) is 0 Å². The van der Waals surface area contributed by atoms with Crippen molar-refractivity contribution in [3.8, 4) is 0 Å². The molecule has 1 aliphatic rings. The van der Waals surface area contributed by atoms with Gasteiger partial charge in [0.25, 0.3) is 0 Å². The summed E-state index contributed by atoms with van der Waals surface area (Å²) in [5.74, 6) is 1.51. The summed E-state index contributed by atoms with van der Waals surface area (Å²) in [4.78, 5) is 8.61. The lowest BCUT2D eigenvalue weighted by molar-refractivity contribution is 0.617. The normalized spacial score (nSPS) is 15.7. The molecule has 0 amide bonds. The Balaban J connectivity index is 1.50. The Bertz CT molecular complexity index is 622. The van der Waals surface area contributed by atoms with E-state index >= 15 is 0 Å². The minimum absolute atomic E-state index is 0.197. The zero-order valence-electron chi connectivity index (χ0n) is 14.0. The first kappa shape index (κ1) is 16.7. The lowest BCUT2D eigenvalue weighted by atomic mass is 10.1. The Kier molecular flexibility index (Phi) is 5.99. The molecule has 1 saturated carbocycles.